The van der Waals surface area contributed by atoms with Gasteiger partial charge in [-0.15, -0.1) is 0 Å². The van der Waals surface area contributed by atoms with Crippen molar-refractivity contribution in [3.8, 4) is 0 Å². The molecule has 0 aliphatic heterocycles. The number of aliphatic hydroxyl groups is 1. The SMILES string of the molecule is Cc1c([N+](=O)[O-])ccc(Cl)c1CO. The molecule has 0 spiro atoms. The molecule has 1 N–H and O–H groups in total. The summed E-state index contributed by atoms with van der Waals surface area (Å²) in [4.78, 5) is 9.99. The van der Waals surface area contributed by atoms with Gasteiger partial charge < -0.3 is 5.11 Å². The summed E-state index contributed by atoms with van der Waals surface area (Å²) in [5, 5.41) is 19.7. The van der Waals surface area contributed by atoms with Gasteiger partial charge in [-0.2, -0.15) is 0 Å². The second kappa shape index (κ2) is 3.72. The predicted octanol–water partition coefficient (Wildman–Crippen LogP) is 2.05. The van der Waals surface area contributed by atoms with Crippen LogP contribution in [0, 0.1) is 17.0 Å². The number of benzene rings is 1. The Morgan fingerprint density at radius 2 is 2.23 bits per heavy atom. The third-order valence-corrected chi connectivity index (χ3v) is 2.22. The van der Waals surface area contributed by atoms with Gasteiger partial charge in [0.2, 0.25) is 0 Å². The monoisotopic (exact) mass is 201 g/mol. The maximum Gasteiger partial charge on any atom is 0.272 e. The smallest absolute Gasteiger partial charge is 0.272 e. The summed E-state index contributed by atoms with van der Waals surface area (Å²) < 4.78 is 0. The van der Waals surface area contributed by atoms with Crippen LogP contribution in [0.2, 0.25) is 5.02 Å². The minimum absolute atomic E-state index is 0.0200. The van der Waals surface area contributed by atoms with E-state index >= 15 is 0 Å². The lowest BCUT2D eigenvalue weighted by Gasteiger charge is -2.04. The molecule has 0 amide bonds. The zero-order valence-corrected chi connectivity index (χ0v) is 7.71. The van der Waals surface area contributed by atoms with Crippen molar-refractivity contribution in [2.45, 2.75) is 13.5 Å². The van der Waals surface area contributed by atoms with Gasteiger partial charge in [-0.05, 0) is 13.0 Å². The first-order chi connectivity index (χ1) is 6.07. The fourth-order valence-corrected chi connectivity index (χ4v) is 1.37. The second-order valence-electron chi connectivity index (χ2n) is 2.59. The van der Waals surface area contributed by atoms with E-state index in [9.17, 15) is 10.1 Å². The van der Waals surface area contributed by atoms with Gasteiger partial charge in [0.15, 0.2) is 0 Å². The lowest BCUT2D eigenvalue weighted by atomic mass is 10.1. The average molecular weight is 202 g/mol. The van der Waals surface area contributed by atoms with Gasteiger partial charge in [0.1, 0.15) is 0 Å². The number of nitro groups is 1. The van der Waals surface area contributed by atoms with Crippen LogP contribution < -0.4 is 0 Å². The quantitative estimate of drug-likeness (QED) is 0.588. The minimum atomic E-state index is -0.495. The van der Waals surface area contributed by atoms with Gasteiger partial charge in [0.05, 0.1) is 11.5 Å². The highest BCUT2D eigenvalue weighted by molar-refractivity contribution is 6.31. The van der Waals surface area contributed by atoms with Gasteiger partial charge in [-0.3, -0.25) is 10.1 Å². The molecular weight excluding hydrogens is 194 g/mol. The van der Waals surface area contributed by atoms with Gasteiger partial charge in [0.25, 0.3) is 5.69 Å². The van der Waals surface area contributed by atoms with Crippen molar-refractivity contribution in [2.24, 2.45) is 0 Å². The number of aliphatic hydroxyl groups excluding tert-OH is 1. The molecule has 5 heteroatoms. The van der Waals surface area contributed by atoms with Crippen molar-refractivity contribution in [1.82, 2.24) is 0 Å². The maximum absolute atomic E-state index is 10.5. The Hall–Kier alpha value is -1.13. The molecule has 0 aliphatic rings. The molecule has 0 bridgehead atoms. The summed E-state index contributed by atoms with van der Waals surface area (Å²) in [6.45, 7) is 1.28. The first-order valence-electron chi connectivity index (χ1n) is 3.61. The van der Waals surface area contributed by atoms with Crippen molar-refractivity contribution >= 4 is 17.3 Å². The van der Waals surface area contributed by atoms with Crippen LogP contribution in [0.3, 0.4) is 0 Å². The van der Waals surface area contributed by atoms with Crippen LogP contribution in [-0.2, 0) is 6.61 Å². The lowest BCUT2D eigenvalue weighted by molar-refractivity contribution is -0.385. The van der Waals surface area contributed by atoms with E-state index in [0.717, 1.165) is 0 Å². The second-order valence-corrected chi connectivity index (χ2v) is 2.99. The molecule has 0 atom stereocenters. The highest BCUT2D eigenvalue weighted by Gasteiger charge is 2.15. The fraction of sp³-hybridized carbons (Fsp3) is 0.250. The van der Waals surface area contributed by atoms with Crippen LogP contribution >= 0.6 is 11.6 Å². The van der Waals surface area contributed by atoms with Crippen molar-refractivity contribution in [3.63, 3.8) is 0 Å². The van der Waals surface area contributed by atoms with E-state index < -0.39 is 4.92 Å². The zero-order chi connectivity index (χ0) is 10.0. The Labute approximate surface area is 79.9 Å². The summed E-state index contributed by atoms with van der Waals surface area (Å²) in [5.41, 5.74) is 0.810. The van der Waals surface area contributed by atoms with Crippen molar-refractivity contribution < 1.29 is 10.0 Å². The highest BCUT2D eigenvalue weighted by atomic mass is 35.5. The number of hydrogen-bond acceptors (Lipinski definition) is 3. The van der Waals surface area contributed by atoms with Crippen LogP contribution in [-0.4, -0.2) is 10.0 Å². The standard InChI is InChI=1S/C8H8ClNO3/c1-5-6(4-11)7(9)2-3-8(5)10(12)13/h2-3,11H,4H2,1H3. The average Bonchev–Trinajstić information content (AvgIpc) is 2.04. The minimum Gasteiger partial charge on any atom is -0.392 e. The lowest BCUT2D eigenvalue weighted by Crippen LogP contribution is -1.97. The molecule has 0 radical (unpaired) electrons. The van der Waals surface area contributed by atoms with E-state index in [0.29, 0.717) is 16.1 Å². The molecule has 0 unspecified atom stereocenters. The first kappa shape index (κ1) is 9.95. The predicted molar refractivity (Wildman–Crippen MR) is 48.8 cm³/mol. The Morgan fingerprint density at radius 3 is 2.69 bits per heavy atom. The zero-order valence-electron chi connectivity index (χ0n) is 6.95. The first-order valence-corrected chi connectivity index (χ1v) is 3.99. The van der Waals surface area contributed by atoms with E-state index in [1.165, 1.54) is 12.1 Å². The van der Waals surface area contributed by atoms with Crippen molar-refractivity contribution in [2.75, 3.05) is 0 Å². The number of hydrogen-bond donors (Lipinski definition) is 1. The summed E-state index contributed by atoms with van der Waals surface area (Å²) in [7, 11) is 0. The van der Waals surface area contributed by atoms with Crippen LogP contribution in [0.5, 0.6) is 0 Å². The largest absolute Gasteiger partial charge is 0.392 e. The fourth-order valence-electron chi connectivity index (χ4n) is 1.10. The summed E-state index contributed by atoms with van der Waals surface area (Å²) in [6, 6.07) is 2.75. The third-order valence-electron chi connectivity index (χ3n) is 1.87. The van der Waals surface area contributed by atoms with Gasteiger partial charge in [0, 0.05) is 22.2 Å². The number of nitro benzene ring substituents is 1. The van der Waals surface area contributed by atoms with Crippen LogP contribution in [0.15, 0.2) is 12.1 Å². The Kier molecular flexibility index (Phi) is 2.85. The topological polar surface area (TPSA) is 63.4 Å². The third kappa shape index (κ3) is 1.79. The van der Waals surface area contributed by atoms with Gasteiger partial charge in [-0.25, -0.2) is 0 Å². The van der Waals surface area contributed by atoms with E-state index in [-0.39, 0.29) is 12.3 Å². The normalized spacial score (nSPS) is 10.1. The highest BCUT2D eigenvalue weighted by Crippen LogP contribution is 2.27. The molecule has 1 aromatic rings. The van der Waals surface area contributed by atoms with Crippen LogP contribution in [0.1, 0.15) is 11.1 Å². The molecule has 0 aliphatic carbocycles. The molecule has 0 fully saturated rings. The van der Waals surface area contributed by atoms with E-state index in [4.69, 9.17) is 16.7 Å². The molecule has 0 heterocycles. The summed E-state index contributed by atoms with van der Waals surface area (Å²) in [5.74, 6) is 0. The van der Waals surface area contributed by atoms with E-state index in [1.54, 1.807) is 6.92 Å². The summed E-state index contributed by atoms with van der Waals surface area (Å²) >= 11 is 5.72. The number of nitrogens with zero attached hydrogens (tertiary/aromatic N) is 1. The molecule has 0 aromatic heterocycles. The molecule has 13 heavy (non-hydrogen) atoms. The van der Waals surface area contributed by atoms with Crippen molar-refractivity contribution in [3.05, 3.63) is 38.4 Å². The molecule has 0 saturated carbocycles. The Morgan fingerprint density at radius 1 is 1.62 bits per heavy atom. The van der Waals surface area contributed by atoms with Gasteiger partial charge >= 0.3 is 0 Å². The molecule has 1 aromatic carbocycles. The molecule has 0 saturated heterocycles. The Balaban J connectivity index is 3.35. The number of rotatable bonds is 2. The van der Waals surface area contributed by atoms with Crippen molar-refractivity contribution in [1.29, 1.82) is 0 Å². The van der Waals surface area contributed by atoms with E-state index in [1.807, 2.05) is 0 Å². The molecule has 70 valence electrons. The molecular formula is C8H8ClNO3. The van der Waals surface area contributed by atoms with Gasteiger partial charge in [-0.1, -0.05) is 11.6 Å². The molecule has 1 rings (SSSR count). The van der Waals surface area contributed by atoms with Crippen LogP contribution in [0.4, 0.5) is 5.69 Å². The summed E-state index contributed by atoms with van der Waals surface area (Å²) in [6.07, 6.45) is 0. The van der Waals surface area contributed by atoms with Crippen LogP contribution in [0.25, 0.3) is 0 Å². The Bertz CT molecular complexity index is 351. The van der Waals surface area contributed by atoms with E-state index in [2.05, 4.69) is 0 Å². The molecule has 4 nitrogen and oxygen atoms in total. The number of halogens is 1. The maximum atomic E-state index is 10.5.